The normalized spacial score (nSPS) is 50.6. The van der Waals surface area contributed by atoms with Gasteiger partial charge in [-0.3, -0.25) is 13.2 Å². The molecule has 120 valence electrons. The molecule has 2 saturated carbocycles. The highest BCUT2D eigenvalue weighted by Crippen LogP contribution is 2.59. The second-order valence-electron chi connectivity index (χ2n) is 7.78. The van der Waals surface area contributed by atoms with Crippen molar-refractivity contribution in [3.05, 3.63) is 0 Å². The number of Topliss-reactive ketones (excluding diaryl/α,β-unsaturated/α-hetero) is 1. The van der Waals surface area contributed by atoms with E-state index in [2.05, 4.69) is 0 Å². The summed E-state index contributed by atoms with van der Waals surface area (Å²) < 4.78 is 23.2. The van der Waals surface area contributed by atoms with E-state index >= 15 is 0 Å². The highest BCUT2D eigenvalue weighted by Gasteiger charge is 2.65. The van der Waals surface area contributed by atoms with E-state index in [0.717, 1.165) is 6.42 Å². The van der Waals surface area contributed by atoms with Crippen LogP contribution in [0.3, 0.4) is 0 Å². The molecule has 3 aliphatic rings. The molecule has 0 amide bonds. The Balaban J connectivity index is 2.08. The smallest absolute Gasteiger partial charge is 0.305 e. The predicted octanol–water partition coefficient (Wildman–Crippen LogP) is 1.91. The van der Waals surface area contributed by atoms with Gasteiger partial charge in [-0.15, -0.1) is 0 Å². The van der Waals surface area contributed by atoms with Crippen molar-refractivity contribution in [2.75, 3.05) is 0 Å². The Morgan fingerprint density at radius 1 is 1.33 bits per heavy atom. The molecule has 0 aromatic rings. The number of hydrogen-bond acceptors (Lipinski definition) is 5. The Kier molecular flexibility index (Phi) is 3.41. The van der Waals surface area contributed by atoms with Gasteiger partial charge >= 0.3 is 11.4 Å². The van der Waals surface area contributed by atoms with Crippen LogP contribution in [0.4, 0.5) is 0 Å². The topological polar surface area (TPSA) is 72.8 Å². The van der Waals surface area contributed by atoms with Gasteiger partial charge in [-0.2, -0.15) is 4.21 Å². The molecule has 1 aliphatic heterocycles. The minimum absolute atomic E-state index is 0.145. The molecule has 6 atom stereocenters. The van der Waals surface area contributed by atoms with Crippen LogP contribution in [-0.2, 0) is 24.5 Å². The van der Waals surface area contributed by atoms with Gasteiger partial charge in [0.2, 0.25) is 0 Å². The third kappa shape index (κ3) is 2.22. The summed E-state index contributed by atoms with van der Waals surface area (Å²) in [6.45, 7) is 7.42. The Morgan fingerprint density at radius 3 is 2.62 bits per heavy atom. The van der Waals surface area contributed by atoms with Crippen LogP contribution < -0.4 is 0 Å². The van der Waals surface area contributed by atoms with E-state index in [1.54, 1.807) is 13.8 Å². The fourth-order valence-corrected chi connectivity index (χ4v) is 5.71. The molecule has 3 fully saturated rings. The van der Waals surface area contributed by atoms with E-state index < -0.39 is 34.1 Å². The van der Waals surface area contributed by atoms with E-state index in [9.17, 15) is 14.1 Å². The summed E-state index contributed by atoms with van der Waals surface area (Å²) >= 11 is -1.82. The molecule has 0 aromatic heterocycles. The lowest BCUT2D eigenvalue weighted by atomic mass is 9.50. The van der Waals surface area contributed by atoms with Crippen molar-refractivity contribution in [3.8, 4) is 0 Å². The summed E-state index contributed by atoms with van der Waals surface area (Å²) in [5.41, 5.74) is -2.07. The van der Waals surface area contributed by atoms with Crippen molar-refractivity contribution in [3.63, 3.8) is 0 Å². The lowest BCUT2D eigenvalue weighted by Crippen LogP contribution is -2.67. The van der Waals surface area contributed by atoms with Gasteiger partial charge in [0, 0.05) is 23.7 Å². The van der Waals surface area contributed by atoms with E-state index in [1.165, 1.54) is 0 Å². The minimum atomic E-state index is -1.82. The zero-order chi connectivity index (χ0) is 15.6. The average Bonchev–Trinajstić information content (AvgIpc) is 2.32. The van der Waals surface area contributed by atoms with E-state index in [1.807, 2.05) is 13.8 Å². The number of carbonyl (C=O) groups excluding carboxylic acids is 1. The summed E-state index contributed by atoms with van der Waals surface area (Å²) in [7, 11) is 0. The quantitative estimate of drug-likeness (QED) is 0.800. The van der Waals surface area contributed by atoms with Crippen LogP contribution in [0.15, 0.2) is 0 Å². The first-order valence-electron chi connectivity index (χ1n) is 7.62. The molecule has 0 radical (unpaired) electrons. The van der Waals surface area contributed by atoms with E-state index in [4.69, 9.17) is 8.37 Å². The van der Waals surface area contributed by atoms with Gasteiger partial charge in [-0.25, -0.2) is 0 Å². The zero-order valence-corrected chi connectivity index (χ0v) is 13.9. The van der Waals surface area contributed by atoms with Crippen LogP contribution in [0.25, 0.3) is 0 Å². The highest BCUT2D eigenvalue weighted by atomic mass is 32.2. The van der Waals surface area contributed by atoms with Crippen molar-refractivity contribution >= 4 is 17.1 Å². The Labute approximate surface area is 128 Å². The van der Waals surface area contributed by atoms with E-state index in [0.29, 0.717) is 19.3 Å². The first-order chi connectivity index (χ1) is 9.58. The van der Waals surface area contributed by atoms with Gasteiger partial charge in [-0.1, -0.05) is 6.92 Å². The van der Waals surface area contributed by atoms with Crippen LogP contribution in [0, 0.1) is 17.3 Å². The van der Waals surface area contributed by atoms with Crippen LogP contribution in [0.1, 0.15) is 53.4 Å². The number of carbonyl (C=O) groups is 1. The first kappa shape index (κ1) is 15.6. The third-order valence-electron chi connectivity index (χ3n) is 5.89. The first-order valence-corrected chi connectivity index (χ1v) is 8.62. The number of ketones is 1. The molecule has 0 bridgehead atoms. The molecule has 3 rings (SSSR count). The van der Waals surface area contributed by atoms with Gasteiger partial charge in [0.25, 0.3) is 0 Å². The summed E-state index contributed by atoms with van der Waals surface area (Å²) in [6, 6.07) is 0. The fraction of sp³-hybridized carbons (Fsp3) is 0.933. The highest BCUT2D eigenvalue weighted by molar-refractivity contribution is 7.75. The molecule has 0 spiro atoms. The molecule has 2 aliphatic carbocycles. The summed E-state index contributed by atoms with van der Waals surface area (Å²) in [5, 5.41) is 10.5. The standard InChI is InChI=1S/C15H24O5S/c1-13(2,17)9-5-7-14(3)10(16)6-8-15(4)12(14)11(9)19-21(18)20-15/h9,11-12,17H,5-8H2,1-4H3/t9-,11-,12?,14+,15+,21+/m1/s1. The average molecular weight is 316 g/mol. The lowest BCUT2D eigenvalue weighted by molar-refractivity contribution is -0.206. The maximum atomic E-state index is 12.5. The van der Waals surface area contributed by atoms with Crippen molar-refractivity contribution in [2.24, 2.45) is 17.3 Å². The minimum Gasteiger partial charge on any atom is -0.390 e. The fourth-order valence-electron chi connectivity index (χ4n) is 4.74. The predicted molar refractivity (Wildman–Crippen MR) is 77.4 cm³/mol. The molecule has 6 heteroatoms. The summed E-state index contributed by atoms with van der Waals surface area (Å²) in [5.74, 6) is -0.0631. The maximum absolute atomic E-state index is 12.5. The molecular formula is C15H24O5S. The Morgan fingerprint density at radius 2 is 2.00 bits per heavy atom. The van der Waals surface area contributed by atoms with Crippen molar-refractivity contribution in [1.82, 2.24) is 0 Å². The lowest BCUT2D eigenvalue weighted by Gasteiger charge is -2.60. The van der Waals surface area contributed by atoms with Gasteiger partial charge in [-0.05, 0) is 40.0 Å². The third-order valence-corrected chi connectivity index (χ3v) is 6.78. The second kappa shape index (κ2) is 4.60. The molecule has 5 nitrogen and oxygen atoms in total. The van der Waals surface area contributed by atoms with Crippen LogP contribution >= 0.6 is 0 Å². The Hall–Kier alpha value is -0.300. The van der Waals surface area contributed by atoms with Gasteiger partial charge in [0.15, 0.2) is 0 Å². The van der Waals surface area contributed by atoms with Crippen LogP contribution in [0.2, 0.25) is 0 Å². The van der Waals surface area contributed by atoms with Crippen molar-refractivity contribution in [2.45, 2.75) is 70.7 Å². The van der Waals surface area contributed by atoms with Gasteiger partial charge < -0.3 is 5.11 Å². The molecule has 1 N–H and O–H groups in total. The number of aliphatic hydroxyl groups is 1. The largest absolute Gasteiger partial charge is 0.390 e. The summed E-state index contributed by atoms with van der Waals surface area (Å²) in [6.07, 6.45) is 2.03. The van der Waals surface area contributed by atoms with E-state index in [-0.39, 0.29) is 17.6 Å². The molecule has 1 heterocycles. The molecule has 0 aromatic carbocycles. The van der Waals surface area contributed by atoms with Gasteiger partial charge in [0.1, 0.15) is 5.78 Å². The second-order valence-corrected chi connectivity index (χ2v) is 8.55. The molecule has 1 unspecified atom stereocenters. The van der Waals surface area contributed by atoms with Crippen LogP contribution in [-0.4, -0.2) is 32.4 Å². The van der Waals surface area contributed by atoms with Crippen molar-refractivity contribution in [1.29, 1.82) is 0 Å². The monoisotopic (exact) mass is 316 g/mol. The maximum Gasteiger partial charge on any atom is 0.305 e. The van der Waals surface area contributed by atoms with Crippen molar-refractivity contribution < 1.29 is 22.5 Å². The SMILES string of the molecule is CC(C)(O)[C@@H]1CC[C@@]2(C)C(=O)CC[C@]3(C)O[S@@](=O)O[C@H]1C23. The Bertz CT molecular complexity index is 499. The number of rotatable bonds is 1. The molecular weight excluding hydrogens is 292 g/mol. The molecule has 21 heavy (non-hydrogen) atoms. The van der Waals surface area contributed by atoms with Crippen LogP contribution in [0.5, 0.6) is 0 Å². The summed E-state index contributed by atoms with van der Waals surface area (Å²) in [4.78, 5) is 12.5. The molecule has 1 saturated heterocycles. The zero-order valence-electron chi connectivity index (χ0n) is 13.0. The number of hydrogen-bond donors (Lipinski definition) is 1. The van der Waals surface area contributed by atoms with Gasteiger partial charge in [0.05, 0.1) is 17.3 Å².